The van der Waals surface area contributed by atoms with Crippen molar-refractivity contribution in [3.05, 3.63) is 90.3 Å². The third-order valence-corrected chi connectivity index (χ3v) is 5.97. The largest absolute Gasteiger partial charge is 0.356 e. The molecule has 0 aliphatic carbocycles. The molecule has 0 radical (unpaired) electrons. The molecule has 1 unspecified atom stereocenters. The van der Waals surface area contributed by atoms with Gasteiger partial charge in [0, 0.05) is 37.6 Å². The molecule has 5 heteroatoms. The fourth-order valence-electron chi connectivity index (χ4n) is 4.31. The molecule has 4 rings (SSSR count). The Morgan fingerprint density at radius 1 is 1.00 bits per heavy atom. The van der Waals surface area contributed by atoms with Crippen molar-refractivity contribution in [1.82, 2.24) is 15.2 Å². The van der Waals surface area contributed by atoms with Crippen molar-refractivity contribution in [3.63, 3.8) is 0 Å². The molecule has 1 aliphatic rings. The number of hydrogen-bond donors (Lipinski definition) is 1. The third kappa shape index (κ3) is 4.50. The van der Waals surface area contributed by atoms with Crippen molar-refractivity contribution >= 4 is 11.8 Å². The van der Waals surface area contributed by atoms with Crippen LogP contribution in [0.3, 0.4) is 0 Å². The Kier molecular flexibility index (Phi) is 6.12. The molecule has 0 spiro atoms. The first kappa shape index (κ1) is 20.8. The van der Waals surface area contributed by atoms with Crippen LogP contribution in [0.2, 0.25) is 0 Å². The van der Waals surface area contributed by atoms with E-state index in [2.05, 4.69) is 34.6 Å². The van der Waals surface area contributed by atoms with E-state index in [0.717, 1.165) is 16.7 Å². The monoisotopic (exact) mass is 413 g/mol. The summed E-state index contributed by atoms with van der Waals surface area (Å²) in [6.45, 7) is 3.51. The Morgan fingerprint density at radius 2 is 1.77 bits per heavy atom. The lowest BCUT2D eigenvalue weighted by molar-refractivity contribution is -0.130. The Labute approximate surface area is 183 Å². The van der Waals surface area contributed by atoms with Gasteiger partial charge in [-0.3, -0.25) is 14.6 Å². The number of carbonyl (C=O) groups is 2. The minimum absolute atomic E-state index is 0.0151. The van der Waals surface area contributed by atoms with E-state index in [0.29, 0.717) is 38.0 Å². The van der Waals surface area contributed by atoms with Gasteiger partial charge in [0.2, 0.25) is 5.91 Å². The molecule has 2 heterocycles. The van der Waals surface area contributed by atoms with E-state index in [1.54, 1.807) is 6.20 Å². The van der Waals surface area contributed by atoms with Gasteiger partial charge in [0.25, 0.3) is 5.91 Å². The van der Waals surface area contributed by atoms with Gasteiger partial charge in [-0.2, -0.15) is 0 Å². The van der Waals surface area contributed by atoms with E-state index in [-0.39, 0.29) is 11.8 Å². The van der Waals surface area contributed by atoms with Gasteiger partial charge in [-0.25, -0.2) is 0 Å². The predicted octanol–water partition coefficient (Wildman–Crippen LogP) is 3.96. The summed E-state index contributed by atoms with van der Waals surface area (Å²) in [7, 11) is 0. The van der Waals surface area contributed by atoms with Crippen LogP contribution in [0.15, 0.2) is 79.1 Å². The molecule has 1 aliphatic heterocycles. The molecular weight excluding hydrogens is 386 g/mol. The molecule has 2 aromatic carbocycles. The number of carbonyl (C=O) groups excluding carboxylic acids is 2. The summed E-state index contributed by atoms with van der Waals surface area (Å²) in [6.07, 6.45) is 4.86. The topological polar surface area (TPSA) is 62.3 Å². The maximum Gasteiger partial charge on any atom is 0.253 e. The van der Waals surface area contributed by atoms with Crippen LogP contribution in [0.1, 0.15) is 29.3 Å². The van der Waals surface area contributed by atoms with Crippen LogP contribution in [0.4, 0.5) is 0 Å². The lowest BCUT2D eigenvalue weighted by Gasteiger charge is -2.28. The molecule has 1 atom stereocenters. The van der Waals surface area contributed by atoms with Gasteiger partial charge >= 0.3 is 0 Å². The van der Waals surface area contributed by atoms with Crippen molar-refractivity contribution in [2.45, 2.75) is 19.8 Å². The fourth-order valence-corrected chi connectivity index (χ4v) is 4.31. The number of nitrogens with one attached hydrogen (secondary N) is 1. The minimum Gasteiger partial charge on any atom is -0.356 e. The predicted molar refractivity (Wildman–Crippen MR) is 121 cm³/mol. The first-order valence-electron chi connectivity index (χ1n) is 10.7. The molecule has 1 saturated heterocycles. The van der Waals surface area contributed by atoms with Crippen LogP contribution in [-0.4, -0.2) is 41.3 Å². The summed E-state index contributed by atoms with van der Waals surface area (Å²) in [5.74, 6) is 0.00777. The highest BCUT2D eigenvalue weighted by atomic mass is 16.2. The van der Waals surface area contributed by atoms with Gasteiger partial charge in [-0.05, 0) is 54.7 Å². The van der Waals surface area contributed by atoms with Crippen LogP contribution >= 0.6 is 0 Å². The highest BCUT2D eigenvalue weighted by Gasteiger charge is 2.45. The summed E-state index contributed by atoms with van der Waals surface area (Å²) >= 11 is 0. The van der Waals surface area contributed by atoms with Crippen molar-refractivity contribution in [3.8, 4) is 11.1 Å². The van der Waals surface area contributed by atoms with Crippen LogP contribution in [0, 0.1) is 5.41 Å². The van der Waals surface area contributed by atoms with Gasteiger partial charge < -0.3 is 10.2 Å². The van der Waals surface area contributed by atoms with Crippen molar-refractivity contribution in [1.29, 1.82) is 0 Å². The lowest BCUT2D eigenvalue weighted by Crippen LogP contribution is -2.45. The van der Waals surface area contributed by atoms with Gasteiger partial charge in [-0.15, -0.1) is 0 Å². The smallest absolute Gasteiger partial charge is 0.253 e. The molecule has 1 fully saturated rings. The number of nitrogens with zero attached hydrogens (tertiary/aromatic N) is 2. The van der Waals surface area contributed by atoms with Crippen molar-refractivity contribution < 1.29 is 9.59 Å². The van der Waals surface area contributed by atoms with Crippen molar-refractivity contribution in [2.24, 2.45) is 5.41 Å². The number of aromatic nitrogens is 1. The number of likely N-dealkylation sites (tertiary alicyclic amines) is 1. The number of amides is 2. The van der Waals surface area contributed by atoms with Crippen LogP contribution in [0.25, 0.3) is 11.1 Å². The van der Waals surface area contributed by atoms with Gasteiger partial charge in [0.15, 0.2) is 0 Å². The Hall–Kier alpha value is -3.47. The molecule has 158 valence electrons. The maximum absolute atomic E-state index is 13.1. The number of benzene rings is 2. The highest BCUT2D eigenvalue weighted by molar-refractivity contribution is 5.95. The second kappa shape index (κ2) is 9.13. The number of pyridine rings is 1. The molecule has 0 bridgehead atoms. The quantitative estimate of drug-likeness (QED) is 0.665. The molecule has 0 saturated carbocycles. The standard InChI is InChI=1S/C26H27N3O2/c1-2-28-25(31)26(14-16-29(19-26)24(30)22-7-4-3-5-8-22)17-20-10-12-21(13-11-20)23-9-6-15-27-18-23/h3-13,15,18H,2,14,16-17,19H2,1H3,(H,28,31). The second-order valence-electron chi connectivity index (χ2n) is 8.10. The lowest BCUT2D eigenvalue weighted by atomic mass is 9.79. The summed E-state index contributed by atoms with van der Waals surface area (Å²) in [5.41, 5.74) is 3.29. The molecule has 3 aromatic rings. The summed E-state index contributed by atoms with van der Waals surface area (Å²) in [6, 6.07) is 21.5. The van der Waals surface area contributed by atoms with E-state index < -0.39 is 5.41 Å². The normalized spacial score (nSPS) is 18.0. The van der Waals surface area contributed by atoms with E-state index in [4.69, 9.17) is 0 Å². The zero-order valence-electron chi connectivity index (χ0n) is 17.8. The maximum atomic E-state index is 13.1. The average molecular weight is 414 g/mol. The number of rotatable bonds is 6. The third-order valence-electron chi connectivity index (χ3n) is 5.97. The van der Waals surface area contributed by atoms with E-state index in [1.807, 2.05) is 60.5 Å². The van der Waals surface area contributed by atoms with E-state index in [1.165, 1.54) is 0 Å². The van der Waals surface area contributed by atoms with Gasteiger partial charge in [0.05, 0.1) is 5.41 Å². The summed E-state index contributed by atoms with van der Waals surface area (Å²) in [4.78, 5) is 32.1. The fraction of sp³-hybridized carbons (Fsp3) is 0.269. The first-order chi connectivity index (χ1) is 15.1. The Bertz CT molecular complexity index is 1040. The Morgan fingerprint density at radius 3 is 2.45 bits per heavy atom. The van der Waals surface area contributed by atoms with Crippen LogP contribution in [-0.2, 0) is 11.2 Å². The van der Waals surface area contributed by atoms with Gasteiger partial charge in [-0.1, -0.05) is 48.5 Å². The molecule has 1 N–H and O–H groups in total. The average Bonchev–Trinajstić information content (AvgIpc) is 3.26. The summed E-state index contributed by atoms with van der Waals surface area (Å²) < 4.78 is 0. The second-order valence-corrected chi connectivity index (χ2v) is 8.10. The first-order valence-corrected chi connectivity index (χ1v) is 10.7. The van der Waals surface area contributed by atoms with Crippen LogP contribution in [0.5, 0.6) is 0 Å². The zero-order valence-corrected chi connectivity index (χ0v) is 17.8. The molecule has 5 nitrogen and oxygen atoms in total. The minimum atomic E-state index is -0.615. The van der Waals surface area contributed by atoms with Crippen LogP contribution < -0.4 is 5.32 Å². The SMILES string of the molecule is CCNC(=O)C1(Cc2ccc(-c3cccnc3)cc2)CCN(C(=O)c2ccccc2)C1. The molecule has 1 aromatic heterocycles. The number of hydrogen-bond acceptors (Lipinski definition) is 3. The van der Waals surface area contributed by atoms with Crippen molar-refractivity contribution in [2.75, 3.05) is 19.6 Å². The zero-order chi connectivity index (χ0) is 21.7. The highest BCUT2D eigenvalue weighted by Crippen LogP contribution is 2.36. The molecule has 31 heavy (non-hydrogen) atoms. The van der Waals surface area contributed by atoms with Gasteiger partial charge in [0.1, 0.15) is 0 Å². The molecular formula is C26H27N3O2. The van der Waals surface area contributed by atoms with E-state index in [9.17, 15) is 9.59 Å². The van der Waals surface area contributed by atoms with E-state index >= 15 is 0 Å². The molecule has 2 amide bonds. The summed E-state index contributed by atoms with van der Waals surface area (Å²) in [5, 5.41) is 3.00. The Balaban J connectivity index is 1.55.